The molecule has 1 N–H and O–H groups in total. The molecular weight excluding hydrogens is 418 g/mol. The number of benzene rings is 2. The third kappa shape index (κ3) is 3.75. The van der Waals surface area contributed by atoms with E-state index in [1.54, 1.807) is 10.6 Å². The monoisotopic (exact) mass is 447 g/mol. The number of ether oxygens (including phenoxy) is 1. The number of hydrogen-bond donors (Lipinski definition) is 1. The lowest BCUT2D eigenvalue weighted by Crippen LogP contribution is -2.50. The number of likely N-dealkylation sites (tertiary alicyclic amines) is 1. The maximum absolute atomic E-state index is 14.2. The van der Waals surface area contributed by atoms with Crippen molar-refractivity contribution in [2.75, 3.05) is 26.4 Å². The molecule has 5 rings (SSSR count). The molecule has 7 nitrogen and oxygen atoms in total. The number of nitrogens with zero attached hydrogens (tertiary/aromatic N) is 3. The molecule has 2 fully saturated rings. The minimum atomic E-state index is -0.638. The van der Waals surface area contributed by atoms with Gasteiger partial charge in [-0.1, -0.05) is 42.5 Å². The number of fused-ring (bicyclic) bond motifs is 1. The fourth-order valence-corrected chi connectivity index (χ4v) is 5.41. The van der Waals surface area contributed by atoms with Crippen molar-refractivity contribution in [3.8, 4) is 0 Å². The van der Waals surface area contributed by atoms with E-state index in [9.17, 15) is 14.7 Å². The molecule has 0 bridgehead atoms. The second-order valence-electron chi connectivity index (χ2n) is 8.88. The third-order valence-electron chi connectivity index (χ3n) is 7.11. The molecule has 0 saturated carbocycles. The van der Waals surface area contributed by atoms with Crippen LogP contribution in [0.4, 0.5) is 0 Å². The number of hydrogen-bond acceptors (Lipinski definition) is 5. The molecule has 7 heteroatoms. The fourth-order valence-electron chi connectivity index (χ4n) is 5.41. The summed E-state index contributed by atoms with van der Waals surface area (Å²) in [6.07, 6.45) is 2.85. The fraction of sp³-hybridized carbons (Fsp3) is 0.423. The van der Waals surface area contributed by atoms with Crippen LogP contribution in [0.15, 0.2) is 59.4 Å². The van der Waals surface area contributed by atoms with E-state index < -0.39 is 5.41 Å². The lowest BCUT2D eigenvalue weighted by molar-refractivity contribution is -0.142. The highest BCUT2D eigenvalue weighted by molar-refractivity contribution is 5.89. The van der Waals surface area contributed by atoms with E-state index in [-0.39, 0.29) is 30.7 Å². The molecule has 3 aromatic rings. The van der Waals surface area contributed by atoms with Crippen molar-refractivity contribution in [1.82, 2.24) is 14.5 Å². The molecule has 3 heterocycles. The molecule has 1 unspecified atom stereocenters. The van der Waals surface area contributed by atoms with Gasteiger partial charge in [-0.2, -0.15) is 0 Å². The second kappa shape index (κ2) is 9.08. The molecule has 0 aliphatic carbocycles. The summed E-state index contributed by atoms with van der Waals surface area (Å²) in [6, 6.07) is 16.9. The average Bonchev–Trinajstić information content (AvgIpc) is 3.36. The van der Waals surface area contributed by atoms with Gasteiger partial charge in [0.25, 0.3) is 5.56 Å². The van der Waals surface area contributed by atoms with Gasteiger partial charge in [-0.15, -0.1) is 0 Å². The lowest BCUT2D eigenvalue weighted by Gasteiger charge is -2.41. The molecule has 1 aromatic heterocycles. The molecule has 0 radical (unpaired) electrons. The first-order chi connectivity index (χ1) is 16.2. The summed E-state index contributed by atoms with van der Waals surface area (Å²) >= 11 is 0. The summed E-state index contributed by atoms with van der Waals surface area (Å²) in [4.78, 5) is 34.2. The van der Waals surface area contributed by atoms with E-state index in [1.165, 1.54) is 0 Å². The van der Waals surface area contributed by atoms with Gasteiger partial charge < -0.3 is 14.7 Å². The Hall–Kier alpha value is -3.03. The molecule has 2 aliphatic heterocycles. The van der Waals surface area contributed by atoms with Crippen molar-refractivity contribution >= 4 is 16.8 Å². The van der Waals surface area contributed by atoms with Crippen molar-refractivity contribution < 1.29 is 14.6 Å². The molecule has 172 valence electrons. The molecule has 1 amide bonds. The van der Waals surface area contributed by atoms with Gasteiger partial charge in [-0.25, -0.2) is 4.98 Å². The molecule has 2 saturated heterocycles. The minimum absolute atomic E-state index is 0.0810. The third-order valence-corrected chi connectivity index (χ3v) is 7.11. The van der Waals surface area contributed by atoms with Gasteiger partial charge in [0, 0.05) is 19.8 Å². The Balaban J connectivity index is 1.59. The van der Waals surface area contributed by atoms with Crippen molar-refractivity contribution in [2.45, 2.75) is 43.7 Å². The SMILES string of the molecule is O=C(N1CCCC1c1nc2ccccc2c(=O)n1CCO)C1(c2ccccc2)CCOCC1. The first-order valence-corrected chi connectivity index (χ1v) is 11.7. The van der Waals surface area contributed by atoms with Crippen molar-refractivity contribution in [3.63, 3.8) is 0 Å². The summed E-state index contributed by atoms with van der Waals surface area (Å²) in [7, 11) is 0. The van der Waals surface area contributed by atoms with E-state index >= 15 is 0 Å². The quantitative estimate of drug-likeness (QED) is 0.650. The number of aromatic nitrogens is 2. The first-order valence-electron chi connectivity index (χ1n) is 11.7. The standard InChI is InChI=1S/C26H29N3O4/c30-16-15-29-23(27-21-10-5-4-9-20(21)24(29)31)22-11-6-14-28(22)25(32)26(12-17-33-18-13-26)19-7-2-1-3-8-19/h1-5,7-10,22,30H,6,11-18H2. The number of amides is 1. The predicted octanol–water partition coefficient (Wildman–Crippen LogP) is 2.80. The van der Waals surface area contributed by atoms with E-state index in [1.807, 2.05) is 53.4 Å². The van der Waals surface area contributed by atoms with Gasteiger partial charge in [-0.05, 0) is 43.4 Å². The van der Waals surface area contributed by atoms with E-state index in [0.717, 1.165) is 18.4 Å². The summed E-state index contributed by atoms with van der Waals surface area (Å²) in [5.41, 5.74) is 0.826. The van der Waals surface area contributed by atoms with Crippen LogP contribution in [0.1, 0.15) is 43.1 Å². The number of aliphatic hydroxyl groups is 1. The average molecular weight is 448 g/mol. The molecular formula is C26H29N3O4. The molecule has 2 aromatic carbocycles. The van der Waals surface area contributed by atoms with Gasteiger partial charge in [0.05, 0.1) is 35.5 Å². The van der Waals surface area contributed by atoms with Gasteiger partial charge in [0.2, 0.25) is 5.91 Å². The highest BCUT2D eigenvalue weighted by atomic mass is 16.5. The Labute approximate surface area is 192 Å². The van der Waals surface area contributed by atoms with E-state index in [0.29, 0.717) is 49.3 Å². The van der Waals surface area contributed by atoms with Gasteiger partial charge in [0.15, 0.2) is 0 Å². The highest BCUT2D eigenvalue weighted by Crippen LogP contribution is 2.41. The zero-order chi connectivity index (χ0) is 22.8. The van der Waals surface area contributed by atoms with Crippen LogP contribution in [-0.2, 0) is 21.5 Å². The number of rotatable bonds is 5. The first kappa shape index (κ1) is 21.8. The van der Waals surface area contributed by atoms with E-state index in [2.05, 4.69) is 0 Å². The predicted molar refractivity (Wildman–Crippen MR) is 125 cm³/mol. The normalized spacial score (nSPS) is 20.3. The lowest BCUT2D eigenvalue weighted by atomic mass is 9.73. The summed E-state index contributed by atoms with van der Waals surface area (Å²) in [5, 5.41) is 10.2. The van der Waals surface area contributed by atoms with Crippen molar-refractivity contribution in [2.24, 2.45) is 0 Å². The summed E-state index contributed by atoms with van der Waals surface area (Å²) in [6.45, 7) is 1.70. The number of carbonyl (C=O) groups is 1. The Kier molecular flexibility index (Phi) is 6.00. The Bertz CT molecular complexity index is 1200. The second-order valence-corrected chi connectivity index (χ2v) is 8.88. The zero-order valence-corrected chi connectivity index (χ0v) is 18.7. The molecule has 1 atom stereocenters. The van der Waals surface area contributed by atoms with Crippen LogP contribution in [-0.4, -0.2) is 51.8 Å². The molecule has 33 heavy (non-hydrogen) atoms. The van der Waals surface area contributed by atoms with Crippen molar-refractivity contribution in [3.05, 3.63) is 76.3 Å². The van der Waals surface area contributed by atoms with Crippen LogP contribution in [0.5, 0.6) is 0 Å². The van der Waals surface area contributed by atoms with Gasteiger partial charge >= 0.3 is 0 Å². The number of aliphatic hydroxyl groups excluding tert-OH is 1. The van der Waals surface area contributed by atoms with Crippen LogP contribution >= 0.6 is 0 Å². The maximum atomic E-state index is 14.2. The van der Waals surface area contributed by atoms with Crippen LogP contribution in [0.2, 0.25) is 0 Å². The zero-order valence-electron chi connectivity index (χ0n) is 18.7. The Morgan fingerprint density at radius 2 is 1.82 bits per heavy atom. The van der Waals surface area contributed by atoms with Crippen LogP contribution in [0.3, 0.4) is 0 Å². The number of para-hydroxylation sites is 1. The summed E-state index contributed by atoms with van der Waals surface area (Å²) < 4.78 is 7.18. The number of carbonyl (C=O) groups excluding carboxylic acids is 1. The minimum Gasteiger partial charge on any atom is -0.395 e. The van der Waals surface area contributed by atoms with Crippen LogP contribution < -0.4 is 5.56 Å². The smallest absolute Gasteiger partial charge is 0.261 e. The largest absolute Gasteiger partial charge is 0.395 e. The van der Waals surface area contributed by atoms with Gasteiger partial charge in [-0.3, -0.25) is 14.2 Å². The maximum Gasteiger partial charge on any atom is 0.261 e. The Morgan fingerprint density at radius 1 is 1.09 bits per heavy atom. The topological polar surface area (TPSA) is 84.7 Å². The van der Waals surface area contributed by atoms with Gasteiger partial charge in [0.1, 0.15) is 5.82 Å². The van der Waals surface area contributed by atoms with Crippen LogP contribution in [0, 0.1) is 0 Å². The van der Waals surface area contributed by atoms with Crippen molar-refractivity contribution in [1.29, 1.82) is 0 Å². The van der Waals surface area contributed by atoms with Crippen LogP contribution in [0.25, 0.3) is 10.9 Å². The Morgan fingerprint density at radius 3 is 2.58 bits per heavy atom. The highest BCUT2D eigenvalue weighted by Gasteiger charge is 2.47. The molecule has 2 aliphatic rings. The van der Waals surface area contributed by atoms with E-state index in [4.69, 9.17) is 9.72 Å². The molecule has 0 spiro atoms. The summed E-state index contributed by atoms with van der Waals surface area (Å²) in [5.74, 6) is 0.645.